The Kier molecular flexibility index (Phi) is 5.41. The third-order valence-corrected chi connectivity index (χ3v) is 5.46. The van der Waals surface area contributed by atoms with Gasteiger partial charge in [-0.05, 0) is 43.5 Å². The summed E-state index contributed by atoms with van der Waals surface area (Å²) in [5, 5.41) is 6.07. The van der Waals surface area contributed by atoms with Crippen molar-refractivity contribution in [2.24, 2.45) is 17.8 Å². The number of nitrogens with one attached hydrogen (secondary N) is 1. The number of esters is 1. The zero-order chi connectivity index (χ0) is 22.1. The lowest BCUT2D eigenvalue weighted by atomic mass is 9.78. The second kappa shape index (κ2) is 8.17. The van der Waals surface area contributed by atoms with E-state index < -0.39 is 18.5 Å². The fourth-order valence-corrected chi connectivity index (χ4v) is 3.97. The Morgan fingerprint density at radius 2 is 1.97 bits per heavy atom. The molecule has 1 aliphatic carbocycles. The van der Waals surface area contributed by atoms with Gasteiger partial charge >= 0.3 is 5.97 Å². The van der Waals surface area contributed by atoms with Gasteiger partial charge in [0.15, 0.2) is 12.4 Å². The minimum atomic E-state index is -0.705. The first-order valence-corrected chi connectivity index (χ1v) is 9.90. The molecular formula is C22H21N3O6. The summed E-state index contributed by atoms with van der Waals surface area (Å²) in [7, 11) is 0. The zero-order valence-corrected chi connectivity index (χ0v) is 17.0. The van der Waals surface area contributed by atoms with Crippen LogP contribution in [0.1, 0.15) is 29.5 Å². The van der Waals surface area contributed by atoms with Gasteiger partial charge in [-0.2, -0.15) is 0 Å². The molecule has 3 atom stereocenters. The van der Waals surface area contributed by atoms with E-state index in [0.29, 0.717) is 17.9 Å². The van der Waals surface area contributed by atoms with Gasteiger partial charge in [-0.3, -0.25) is 19.3 Å². The Bertz CT molecular complexity index is 1070. The number of carbonyl (C=O) groups is 4. The van der Waals surface area contributed by atoms with Crippen LogP contribution in [0.4, 0.5) is 11.5 Å². The Hall–Kier alpha value is -3.75. The molecule has 2 heterocycles. The minimum absolute atomic E-state index is 0.00163. The van der Waals surface area contributed by atoms with Crippen LogP contribution in [0, 0.1) is 24.7 Å². The predicted octanol–water partition coefficient (Wildman–Crippen LogP) is 2.48. The van der Waals surface area contributed by atoms with Crippen LogP contribution < -0.4 is 10.2 Å². The molecule has 9 nitrogen and oxygen atoms in total. The standard InChI is InChI=1S/C22H21N3O6/c1-12-4-3-5-16-19(12)21(28)25(20(16)27)15-8-6-14(7-9-15)22(29)30-11-18(26)23-17-10-13(2)31-24-17/h3-4,6-10,12,16,19H,5,11H2,1-2H3,(H,23,24,26)/t12-,16+,19+/m0/s1. The van der Waals surface area contributed by atoms with E-state index in [4.69, 9.17) is 9.26 Å². The first-order valence-electron chi connectivity index (χ1n) is 9.90. The molecule has 160 valence electrons. The van der Waals surface area contributed by atoms with Crippen LogP contribution in [0.3, 0.4) is 0 Å². The van der Waals surface area contributed by atoms with Gasteiger partial charge in [0.2, 0.25) is 11.8 Å². The van der Waals surface area contributed by atoms with Gasteiger partial charge in [0.05, 0.1) is 23.1 Å². The number of hydrogen-bond acceptors (Lipinski definition) is 7. The molecule has 1 N–H and O–H groups in total. The van der Waals surface area contributed by atoms with Crippen LogP contribution in [-0.4, -0.2) is 35.5 Å². The average Bonchev–Trinajstić information content (AvgIpc) is 3.27. The first-order chi connectivity index (χ1) is 14.8. The molecule has 1 fully saturated rings. The molecule has 0 bridgehead atoms. The summed E-state index contributed by atoms with van der Waals surface area (Å²) in [4.78, 5) is 50.9. The maximum absolute atomic E-state index is 12.8. The van der Waals surface area contributed by atoms with E-state index in [0.717, 1.165) is 0 Å². The number of aryl methyl sites for hydroxylation is 1. The Balaban J connectivity index is 1.38. The highest BCUT2D eigenvalue weighted by molar-refractivity contribution is 6.22. The van der Waals surface area contributed by atoms with E-state index in [1.165, 1.54) is 35.2 Å². The summed E-state index contributed by atoms with van der Waals surface area (Å²) in [6.45, 7) is 3.12. The molecule has 2 aromatic rings. The van der Waals surface area contributed by atoms with Crippen LogP contribution in [0.2, 0.25) is 0 Å². The number of amides is 3. The van der Waals surface area contributed by atoms with E-state index in [2.05, 4.69) is 10.5 Å². The van der Waals surface area contributed by atoms with Crippen molar-refractivity contribution in [3.05, 3.63) is 53.8 Å². The lowest BCUT2D eigenvalue weighted by Gasteiger charge is -2.22. The van der Waals surface area contributed by atoms with E-state index >= 15 is 0 Å². The molecule has 2 aliphatic rings. The lowest BCUT2D eigenvalue weighted by Crippen LogP contribution is -2.31. The van der Waals surface area contributed by atoms with Crippen molar-refractivity contribution in [1.82, 2.24) is 5.16 Å². The highest BCUT2D eigenvalue weighted by Crippen LogP contribution is 2.40. The number of imide groups is 1. The molecule has 0 saturated carbocycles. The van der Waals surface area contributed by atoms with Crippen molar-refractivity contribution in [2.75, 3.05) is 16.8 Å². The second-order valence-electron chi connectivity index (χ2n) is 7.66. The molecule has 1 aliphatic heterocycles. The van der Waals surface area contributed by atoms with E-state index in [9.17, 15) is 19.2 Å². The van der Waals surface area contributed by atoms with Crippen LogP contribution in [0.5, 0.6) is 0 Å². The minimum Gasteiger partial charge on any atom is -0.452 e. The number of ether oxygens (including phenoxy) is 1. The summed E-state index contributed by atoms with van der Waals surface area (Å²) < 4.78 is 9.84. The molecule has 0 unspecified atom stereocenters. The number of allylic oxidation sites excluding steroid dienone is 2. The third kappa shape index (κ3) is 3.98. The SMILES string of the molecule is Cc1cc(NC(=O)COC(=O)c2ccc(N3C(=O)[C@@H]4[C@@H](C)C=CC[C@H]4C3=O)cc2)no1. The monoisotopic (exact) mass is 423 g/mol. The summed E-state index contributed by atoms with van der Waals surface area (Å²) in [5.41, 5.74) is 0.604. The van der Waals surface area contributed by atoms with Crippen molar-refractivity contribution in [3.8, 4) is 0 Å². The van der Waals surface area contributed by atoms with Crippen molar-refractivity contribution >= 4 is 35.2 Å². The van der Waals surface area contributed by atoms with Gasteiger partial charge < -0.3 is 14.6 Å². The molecule has 1 aromatic carbocycles. The van der Waals surface area contributed by atoms with Gasteiger partial charge in [-0.25, -0.2) is 4.79 Å². The van der Waals surface area contributed by atoms with Gasteiger partial charge in [0.1, 0.15) is 5.76 Å². The van der Waals surface area contributed by atoms with Crippen LogP contribution in [0.15, 0.2) is 47.0 Å². The summed E-state index contributed by atoms with van der Waals surface area (Å²) in [6.07, 6.45) is 4.46. The number of hydrogen-bond donors (Lipinski definition) is 1. The summed E-state index contributed by atoms with van der Waals surface area (Å²) in [6, 6.07) is 7.51. The maximum Gasteiger partial charge on any atom is 0.338 e. The predicted molar refractivity (Wildman–Crippen MR) is 109 cm³/mol. The van der Waals surface area contributed by atoms with Gasteiger partial charge in [0, 0.05) is 6.07 Å². The summed E-state index contributed by atoms with van der Waals surface area (Å²) >= 11 is 0. The van der Waals surface area contributed by atoms with Crippen molar-refractivity contribution < 1.29 is 28.4 Å². The lowest BCUT2D eigenvalue weighted by molar-refractivity contribution is -0.123. The molecule has 31 heavy (non-hydrogen) atoms. The Morgan fingerprint density at radius 3 is 2.61 bits per heavy atom. The van der Waals surface area contributed by atoms with E-state index in [1.807, 2.05) is 19.1 Å². The van der Waals surface area contributed by atoms with Gasteiger partial charge in [-0.15, -0.1) is 0 Å². The zero-order valence-electron chi connectivity index (χ0n) is 17.0. The molecule has 0 spiro atoms. The van der Waals surface area contributed by atoms with Gasteiger partial charge in [-0.1, -0.05) is 24.2 Å². The number of fused-ring (bicyclic) bond motifs is 1. The number of nitrogens with zero attached hydrogens (tertiary/aromatic N) is 2. The maximum atomic E-state index is 12.8. The van der Waals surface area contributed by atoms with E-state index in [1.54, 1.807) is 6.92 Å². The fourth-order valence-electron chi connectivity index (χ4n) is 3.97. The third-order valence-electron chi connectivity index (χ3n) is 5.46. The largest absolute Gasteiger partial charge is 0.452 e. The van der Waals surface area contributed by atoms with Crippen molar-refractivity contribution in [2.45, 2.75) is 20.3 Å². The van der Waals surface area contributed by atoms with Crippen LogP contribution >= 0.6 is 0 Å². The van der Waals surface area contributed by atoms with E-state index in [-0.39, 0.29) is 40.9 Å². The highest BCUT2D eigenvalue weighted by Gasteiger charge is 2.50. The molecule has 3 amide bonds. The molecule has 0 radical (unpaired) electrons. The molecule has 1 saturated heterocycles. The highest BCUT2D eigenvalue weighted by atomic mass is 16.5. The quantitative estimate of drug-likeness (QED) is 0.446. The number of anilines is 2. The molecule has 9 heteroatoms. The average molecular weight is 423 g/mol. The van der Waals surface area contributed by atoms with Gasteiger partial charge in [0.25, 0.3) is 5.91 Å². The first kappa shape index (κ1) is 20.5. The topological polar surface area (TPSA) is 119 Å². The number of carbonyl (C=O) groups excluding carboxylic acids is 4. The number of rotatable bonds is 5. The van der Waals surface area contributed by atoms with Crippen molar-refractivity contribution in [3.63, 3.8) is 0 Å². The Morgan fingerprint density at radius 1 is 1.23 bits per heavy atom. The molecule has 4 rings (SSSR count). The smallest absolute Gasteiger partial charge is 0.338 e. The van der Waals surface area contributed by atoms with Crippen LogP contribution in [-0.2, 0) is 19.1 Å². The van der Waals surface area contributed by atoms with Crippen molar-refractivity contribution in [1.29, 1.82) is 0 Å². The second-order valence-corrected chi connectivity index (χ2v) is 7.66. The summed E-state index contributed by atoms with van der Waals surface area (Å²) in [5.74, 6) is -1.64. The number of aromatic nitrogens is 1. The molecular weight excluding hydrogens is 402 g/mol. The fraction of sp³-hybridized carbons (Fsp3) is 0.318. The normalized spacial score (nSPS) is 22.4. The molecule has 1 aromatic heterocycles. The number of benzene rings is 1. The van der Waals surface area contributed by atoms with Crippen LogP contribution in [0.25, 0.3) is 0 Å². The Labute approximate surface area is 178 Å².